The monoisotopic (exact) mass is 252 g/mol. The Morgan fingerprint density at radius 1 is 1.22 bits per heavy atom. The first-order valence-electron chi connectivity index (χ1n) is 7.34. The third-order valence-electron chi connectivity index (χ3n) is 3.32. The Morgan fingerprint density at radius 3 is 2.67 bits per heavy atom. The maximum absolute atomic E-state index is 4.32. The van der Waals surface area contributed by atoms with Crippen molar-refractivity contribution in [1.82, 2.24) is 20.1 Å². The molecule has 1 atom stereocenters. The van der Waals surface area contributed by atoms with E-state index in [2.05, 4.69) is 29.2 Å². The predicted octanol–water partition coefficient (Wildman–Crippen LogP) is 2.70. The maximum Gasteiger partial charge on any atom is 0.138 e. The molecule has 0 fully saturated rings. The third-order valence-corrected chi connectivity index (χ3v) is 3.32. The minimum Gasteiger partial charge on any atom is -0.314 e. The van der Waals surface area contributed by atoms with Crippen LogP contribution >= 0.6 is 0 Å². The van der Waals surface area contributed by atoms with E-state index in [1.165, 1.54) is 38.5 Å². The zero-order valence-corrected chi connectivity index (χ0v) is 12.2. The number of nitrogens with one attached hydrogen (secondary N) is 1. The molecule has 0 aliphatic carbocycles. The Morgan fingerprint density at radius 2 is 2.06 bits per heavy atom. The summed E-state index contributed by atoms with van der Waals surface area (Å²) in [6, 6.07) is 0.546. The van der Waals surface area contributed by atoms with E-state index < -0.39 is 0 Å². The summed E-state index contributed by atoms with van der Waals surface area (Å²) in [7, 11) is 1.97. The molecule has 0 amide bonds. The second kappa shape index (κ2) is 9.09. The second-order valence-corrected chi connectivity index (χ2v) is 5.00. The topological polar surface area (TPSA) is 42.7 Å². The van der Waals surface area contributed by atoms with Crippen LogP contribution in [0.5, 0.6) is 0 Å². The molecule has 1 aromatic heterocycles. The highest BCUT2D eigenvalue weighted by molar-refractivity contribution is 4.89. The van der Waals surface area contributed by atoms with Crippen molar-refractivity contribution in [3.05, 3.63) is 12.2 Å². The number of rotatable bonds is 10. The molecule has 1 unspecified atom stereocenters. The van der Waals surface area contributed by atoms with Crippen LogP contribution in [0.2, 0.25) is 0 Å². The molecule has 0 spiro atoms. The summed E-state index contributed by atoms with van der Waals surface area (Å²) in [5.74, 6) is 1.08. The maximum atomic E-state index is 4.32. The van der Waals surface area contributed by atoms with Crippen LogP contribution in [0.1, 0.15) is 58.2 Å². The van der Waals surface area contributed by atoms with Gasteiger partial charge in [0.2, 0.25) is 0 Å². The minimum atomic E-state index is 0.546. The zero-order valence-electron chi connectivity index (χ0n) is 12.2. The van der Waals surface area contributed by atoms with Crippen LogP contribution < -0.4 is 5.32 Å². The van der Waals surface area contributed by atoms with Crippen LogP contribution in [0.4, 0.5) is 0 Å². The van der Waals surface area contributed by atoms with Gasteiger partial charge in [0.25, 0.3) is 0 Å². The third kappa shape index (κ3) is 5.63. The lowest BCUT2D eigenvalue weighted by molar-refractivity contribution is 0.440. The quantitative estimate of drug-likeness (QED) is 0.651. The Labute approximate surface area is 111 Å². The lowest BCUT2D eigenvalue weighted by atomic mass is 10.0. The lowest BCUT2D eigenvalue weighted by Gasteiger charge is -2.17. The van der Waals surface area contributed by atoms with Gasteiger partial charge in [-0.2, -0.15) is 5.10 Å². The fourth-order valence-corrected chi connectivity index (χ4v) is 2.17. The fraction of sp³-hybridized carbons (Fsp3) is 0.857. The molecule has 0 saturated carbocycles. The highest BCUT2D eigenvalue weighted by atomic mass is 15.3. The number of nitrogens with zero attached hydrogens (tertiary/aromatic N) is 3. The van der Waals surface area contributed by atoms with E-state index in [1.807, 2.05) is 11.7 Å². The minimum absolute atomic E-state index is 0.546. The van der Waals surface area contributed by atoms with Crippen molar-refractivity contribution in [3.8, 4) is 0 Å². The van der Waals surface area contributed by atoms with E-state index in [0.717, 1.165) is 18.8 Å². The summed E-state index contributed by atoms with van der Waals surface area (Å²) in [5, 5.41) is 7.77. The summed E-state index contributed by atoms with van der Waals surface area (Å²) in [4.78, 5) is 4.32. The van der Waals surface area contributed by atoms with E-state index in [1.54, 1.807) is 6.33 Å². The summed E-state index contributed by atoms with van der Waals surface area (Å²) in [6.07, 6.45) is 10.4. The molecule has 4 nitrogen and oxygen atoms in total. The van der Waals surface area contributed by atoms with Gasteiger partial charge < -0.3 is 5.32 Å². The molecule has 1 rings (SSSR count). The first kappa shape index (κ1) is 15.2. The van der Waals surface area contributed by atoms with Crippen molar-refractivity contribution in [1.29, 1.82) is 0 Å². The zero-order chi connectivity index (χ0) is 13.2. The fourth-order valence-electron chi connectivity index (χ4n) is 2.17. The predicted molar refractivity (Wildman–Crippen MR) is 75.5 cm³/mol. The van der Waals surface area contributed by atoms with Gasteiger partial charge in [0.15, 0.2) is 0 Å². The van der Waals surface area contributed by atoms with Crippen molar-refractivity contribution in [2.75, 3.05) is 6.54 Å². The molecular weight excluding hydrogens is 224 g/mol. The second-order valence-electron chi connectivity index (χ2n) is 5.00. The first-order valence-corrected chi connectivity index (χ1v) is 7.34. The van der Waals surface area contributed by atoms with E-state index >= 15 is 0 Å². The van der Waals surface area contributed by atoms with Gasteiger partial charge in [0.05, 0.1) is 0 Å². The molecule has 0 saturated heterocycles. The van der Waals surface area contributed by atoms with Crippen LogP contribution in [0.15, 0.2) is 6.33 Å². The number of hydrogen-bond acceptors (Lipinski definition) is 3. The van der Waals surface area contributed by atoms with Crippen molar-refractivity contribution < 1.29 is 0 Å². The van der Waals surface area contributed by atoms with Crippen LogP contribution in [-0.2, 0) is 13.5 Å². The van der Waals surface area contributed by atoms with Crippen LogP contribution in [-0.4, -0.2) is 27.4 Å². The summed E-state index contributed by atoms with van der Waals surface area (Å²) < 4.78 is 1.88. The van der Waals surface area contributed by atoms with Gasteiger partial charge in [0.1, 0.15) is 12.2 Å². The Kier molecular flexibility index (Phi) is 7.65. The van der Waals surface area contributed by atoms with Crippen LogP contribution in [0.3, 0.4) is 0 Å². The molecule has 18 heavy (non-hydrogen) atoms. The smallest absolute Gasteiger partial charge is 0.138 e. The van der Waals surface area contributed by atoms with Crippen molar-refractivity contribution >= 4 is 0 Å². The van der Waals surface area contributed by atoms with E-state index in [-0.39, 0.29) is 0 Å². The van der Waals surface area contributed by atoms with Crippen molar-refractivity contribution in [2.24, 2.45) is 7.05 Å². The van der Waals surface area contributed by atoms with Gasteiger partial charge in [-0.1, -0.05) is 39.5 Å². The van der Waals surface area contributed by atoms with Gasteiger partial charge in [-0.15, -0.1) is 0 Å². The van der Waals surface area contributed by atoms with Gasteiger partial charge in [0, 0.05) is 19.5 Å². The lowest BCUT2D eigenvalue weighted by Crippen LogP contribution is -2.32. The molecule has 4 heteroatoms. The molecule has 1 heterocycles. The van der Waals surface area contributed by atoms with E-state index in [9.17, 15) is 0 Å². The summed E-state index contributed by atoms with van der Waals surface area (Å²) in [6.45, 7) is 5.56. The summed E-state index contributed by atoms with van der Waals surface area (Å²) >= 11 is 0. The molecule has 1 aromatic rings. The van der Waals surface area contributed by atoms with E-state index in [4.69, 9.17) is 0 Å². The van der Waals surface area contributed by atoms with Gasteiger partial charge in [-0.25, -0.2) is 4.98 Å². The largest absolute Gasteiger partial charge is 0.314 e. The van der Waals surface area contributed by atoms with Crippen LogP contribution in [0, 0.1) is 0 Å². The standard InChI is InChI=1S/C14H28N4/c1-4-6-7-8-9-13(15-10-5-2)11-14-16-12-17-18(14)3/h12-13,15H,4-11H2,1-3H3. The number of aromatic nitrogens is 3. The molecule has 0 aliphatic rings. The average Bonchev–Trinajstić information content (AvgIpc) is 2.77. The SMILES string of the molecule is CCCCCCC(Cc1ncnn1C)NCCC. The van der Waals surface area contributed by atoms with Crippen molar-refractivity contribution in [2.45, 2.75) is 64.8 Å². The molecule has 0 radical (unpaired) electrons. The number of aryl methyl sites for hydroxylation is 1. The Hall–Kier alpha value is -0.900. The Bertz CT molecular complexity index is 308. The number of hydrogen-bond donors (Lipinski definition) is 1. The molecular formula is C14H28N4. The van der Waals surface area contributed by atoms with Gasteiger partial charge in [-0.3, -0.25) is 4.68 Å². The van der Waals surface area contributed by atoms with Crippen LogP contribution in [0.25, 0.3) is 0 Å². The van der Waals surface area contributed by atoms with E-state index in [0.29, 0.717) is 6.04 Å². The summed E-state index contributed by atoms with van der Waals surface area (Å²) in [5.41, 5.74) is 0. The molecule has 0 aliphatic heterocycles. The molecule has 0 bridgehead atoms. The molecule has 1 N–H and O–H groups in total. The molecule has 104 valence electrons. The highest BCUT2D eigenvalue weighted by Crippen LogP contribution is 2.09. The highest BCUT2D eigenvalue weighted by Gasteiger charge is 2.11. The Balaban J connectivity index is 2.37. The van der Waals surface area contributed by atoms with Crippen molar-refractivity contribution in [3.63, 3.8) is 0 Å². The first-order chi connectivity index (χ1) is 8.77. The molecule has 0 aromatic carbocycles. The normalized spacial score (nSPS) is 12.8. The average molecular weight is 252 g/mol. The van der Waals surface area contributed by atoms with Gasteiger partial charge in [-0.05, 0) is 19.4 Å². The van der Waals surface area contributed by atoms with Gasteiger partial charge >= 0.3 is 0 Å². The number of unbranched alkanes of at least 4 members (excludes halogenated alkanes) is 3.